The Balaban J connectivity index is 2.55. The molecule has 0 amide bonds. The number of hydrogen-bond acceptors (Lipinski definition) is 2. The minimum Gasteiger partial charge on any atom is -0.166 e. The first-order valence-electron chi connectivity index (χ1n) is 4.93. The molecule has 1 heterocycles. The largest absolute Gasteiger partial charge is 0.416 e. The summed E-state index contributed by atoms with van der Waals surface area (Å²) >= 11 is 0. The van der Waals surface area contributed by atoms with Crippen LogP contribution in [-0.2, 0) is 6.18 Å². The van der Waals surface area contributed by atoms with E-state index in [1.54, 1.807) is 13.0 Å². The quantitative estimate of drug-likeness (QED) is 0.760. The fourth-order valence-corrected chi connectivity index (χ4v) is 1.56. The molecule has 0 bridgehead atoms. The minimum atomic E-state index is -4.33. The molecule has 0 N–H and O–H groups in total. The van der Waals surface area contributed by atoms with Crippen molar-refractivity contribution < 1.29 is 13.2 Å². The summed E-state index contributed by atoms with van der Waals surface area (Å²) in [4.78, 5) is 0. The second-order valence-electron chi connectivity index (χ2n) is 3.66. The van der Waals surface area contributed by atoms with Crippen molar-refractivity contribution in [2.45, 2.75) is 13.1 Å². The fraction of sp³-hybridized carbons (Fsp3) is 0.167. The Bertz CT molecular complexity index is 521. The molecule has 2 nitrogen and oxygen atoms in total. The zero-order valence-corrected chi connectivity index (χ0v) is 8.99. The van der Waals surface area contributed by atoms with Gasteiger partial charge in [0, 0.05) is 5.56 Å². The number of nitrogens with zero attached hydrogens (tertiary/aromatic N) is 2. The Morgan fingerprint density at radius 2 is 1.82 bits per heavy atom. The third kappa shape index (κ3) is 2.43. The summed E-state index contributed by atoms with van der Waals surface area (Å²) in [5.74, 6) is 0. The molecular formula is C12H9F3N2. The van der Waals surface area contributed by atoms with Gasteiger partial charge in [-0.2, -0.15) is 23.4 Å². The van der Waals surface area contributed by atoms with Crippen molar-refractivity contribution in [2.24, 2.45) is 0 Å². The van der Waals surface area contributed by atoms with Crippen LogP contribution in [0.4, 0.5) is 13.2 Å². The number of alkyl halides is 3. The third-order valence-electron chi connectivity index (χ3n) is 2.46. The molecule has 2 rings (SSSR count). The summed E-state index contributed by atoms with van der Waals surface area (Å²) in [6.45, 7) is 1.76. The van der Waals surface area contributed by atoms with Crippen molar-refractivity contribution in [1.82, 2.24) is 10.2 Å². The third-order valence-corrected chi connectivity index (χ3v) is 2.46. The van der Waals surface area contributed by atoms with Gasteiger partial charge in [0.1, 0.15) is 0 Å². The fourth-order valence-electron chi connectivity index (χ4n) is 1.56. The van der Waals surface area contributed by atoms with E-state index in [0.29, 0.717) is 11.1 Å². The normalized spacial score (nSPS) is 11.5. The molecule has 0 aliphatic heterocycles. The molecule has 0 saturated carbocycles. The Labute approximate surface area is 96.1 Å². The van der Waals surface area contributed by atoms with Gasteiger partial charge in [0.25, 0.3) is 0 Å². The second-order valence-corrected chi connectivity index (χ2v) is 3.66. The summed E-state index contributed by atoms with van der Waals surface area (Å²) < 4.78 is 37.8. The second kappa shape index (κ2) is 4.16. The van der Waals surface area contributed by atoms with Crippen LogP contribution in [0.15, 0.2) is 36.7 Å². The van der Waals surface area contributed by atoms with Gasteiger partial charge >= 0.3 is 6.18 Å². The molecule has 0 aliphatic rings. The van der Waals surface area contributed by atoms with Crippen molar-refractivity contribution in [3.05, 3.63) is 47.8 Å². The summed E-state index contributed by atoms with van der Waals surface area (Å²) in [6, 6.07) is 5.30. The van der Waals surface area contributed by atoms with Crippen molar-refractivity contribution in [1.29, 1.82) is 0 Å². The number of aryl methyl sites for hydroxylation is 1. The number of benzene rings is 1. The van der Waals surface area contributed by atoms with E-state index in [0.717, 1.165) is 17.7 Å². The molecule has 0 aliphatic carbocycles. The van der Waals surface area contributed by atoms with Gasteiger partial charge in [0.15, 0.2) is 0 Å². The Kier molecular flexibility index (Phi) is 2.83. The highest BCUT2D eigenvalue weighted by molar-refractivity contribution is 5.66. The van der Waals surface area contributed by atoms with Crippen LogP contribution in [0.25, 0.3) is 11.1 Å². The lowest BCUT2D eigenvalue weighted by Crippen LogP contribution is -2.05. The number of rotatable bonds is 1. The van der Waals surface area contributed by atoms with E-state index in [9.17, 15) is 13.2 Å². The maximum absolute atomic E-state index is 12.6. The topological polar surface area (TPSA) is 25.8 Å². The molecule has 0 fully saturated rings. The molecule has 5 heteroatoms. The maximum atomic E-state index is 12.6. The van der Waals surface area contributed by atoms with E-state index in [4.69, 9.17) is 0 Å². The van der Waals surface area contributed by atoms with Crippen LogP contribution in [0.3, 0.4) is 0 Å². The van der Waals surface area contributed by atoms with E-state index >= 15 is 0 Å². The lowest BCUT2D eigenvalue weighted by Gasteiger charge is -2.11. The lowest BCUT2D eigenvalue weighted by molar-refractivity contribution is -0.137. The van der Waals surface area contributed by atoms with Crippen molar-refractivity contribution in [3.63, 3.8) is 0 Å². The molecule has 0 radical (unpaired) electrons. The smallest absolute Gasteiger partial charge is 0.166 e. The zero-order valence-electron chi connectivity index (χ0n) is 8.99. The lowest BCUT2D eigenvalue weighted by atomic mass is 9.99. The van der Waals surface area contributed by atoms with Crippen LogP contribution in [0, 0.1) is 6.92 Å². The Morgan fingerprint density at radius 1 is 1.06 bits per heavy atom. The predicted octanol–water partition coefficient (Wildman–Crippen LogP) is 3.47. The van der Waals surface area contributed by atoms with Crippen molar-refractivity contribution >= 4 is 0 Å². The van der Waals surface area contributed by atoms with E-state index in [1.807, 2.05) is 0 Å². The predicted molar refractivity (Wildman–Crippen MR) is 57.2 cm³/mol. The highest BCUT2D eigenvalue weighted by Crippen LogP contribution is 2.33. The summed E-state index contributed by atoms with van der Waals surface area (Å²) in [7, 11) is 0. The number of hydrogen-bond donors (Lipinski definition) is 0. The zero-order chi connectivity index (χ0) is 12.5. The monoisotopic (exact) mass is 238 g/mol. The average molecular weight is 238 g/mol. The molecule has 17 heavy (non-hydrogen) atoms. The first kappa shape index (κ1) is 11.6. The first-order chi connectivity index (χ1) is 7.98. The Hall–Kier alpha value is -1.91. The summed E-state index contributed by atoms with van der Waals surface area (Å²) in [5.41, 5.74) is 1.26. The SMILES string of the molecule is Cc1ccc(C(F)(F)F)cc1-c1ccnnc1. The van der Waals surface area contributed by atoms with Gasteiger partial charge in [-0.3, -0.25) is 0 Å². The highest BCUT2D eigenvalue weighted by atomic mass is 19.4. The van der Waals surface area contributed by atoms with Gasteiger partial charge in [-0.25, -0.2) is 0 Å². The number of halogens is 3. The van der Waals surface area contributed by atoms with E-state index in [2.05, 4.69) is 10.2 Å². The van der Waals surface area contributed by atoms with Gasteiger partial charge in [-0.05, 0) is 36.2 Å². The summed E-state index contributed by atoms with van der Waals surface area (Å²) in [5, 5.41) is 7.26. The van der Waals surface area contributed by atoms with Crippen LogP contribution >= 0.6 is 0 Å². The van der Waals surface area contributed by atoms with Gasteiger partial charge < -0.3 is 0 Å². The average Bonchev–Trinajstić information content (AvgIpc) is 2.29. The van der Waals surface area contributed by atoms with Crippen LogP contribution in [0.1, 0.15) is 11.1 Å². The number of aromatic nitrogens is 2. The first-order valence-corrected chi connectivity index (χ1v) is 4.93. The molecule has 88 valence electrons. The van der Waals surface area contributed by atoms with Crippen molar-refractivity contribution in [3.8, 4) is 11.1 Å². The molecule has 0 unspecified atom stereocenters. The minimum absolute atomic E-state index is 0.523. The van der Waals surface area contributed by atoms with Gasteiger partial charge in [0.2, 0.25) is 0 Å². The van der Waals surface area contributed by atoms with E-state index in [1.165, 1.54) is 18.5 Å². The van der Waals surface area contributed by atoms with Crippen molar-refractivity contribution in [2.75, 3.05) is 0 Å². The standard InChI is InChI=1S/C12H9F3N2/c1-8-2-3-10(12(13,14)15)6-11(8)9-4-5-16-17-7-9/h2-7H,1H3. The highest BCUT2D eigenvalue weighted by Gasteiger charge is 2.30. The molecule has 0 spiro atoms. The van der Waals surface area contributed by atoms with Gasteiger partial charge in [-0.1, -0.05) is 6.07 Å². The molecular weight excluding hydrogens is 229 g/mol. The van der Waals surface area contributed by atoms with E-state index in [-0.39, 0.29) is 0 Å². The van der Waals surface area contributed by atoms with Gasteiger partial charge in [0.05, 0.1) is 18.0 Å². The molecule has 0 atom stereocenters. The maximum Gasteiger partial charge on any atom is 0.416 e. The van der Waals surface area contributed by atoms with Crippen LogP contribution < -0.4 is 0 Å². The molecule has 1 aromatic carbocycles. The molecule has 1 aromatic heterocycles. The molecule has 0 saturated heterocycles. The summed E-state index contributed by atoms with van der Waals surface area (Å²) in [6.07, 6.45) is -1.43. The van der Waals surface area contributed by atoms with Crippen LogP contribution in [-0.4, -0.2) is 10.2 Å². The van der Waals surface area contributed by atoms with E-state index < -0.39 is 11.7 Å². The van der Waals surface area contributed by atoms with Gasteiger partial charge in [-0.15, -0.1) is 0 Å². The Morgan fingerprint density at radius 3 is 2.41 bits per heavy atom. The molecule has 2 aromatic rings. The van der Waals surface area contributed by atoms with Crippen LogP contribution in [0.5, 0.6) is 0 Å². The van der Waals surface area contributed by atoms with Crippen LogP contribution in [0.2, 0.25) is 0 Å².